The number of hydrogen-bond acceptors (Lipinski definition) is 24. The molecule has 28 heteroatoms. The van der Waals surface area contributed by atoms with E-state index in [9.17, 15) is 53.2 Å². The number of likely N-dealkylation sites (tertiary alicyclic amines) is 1. The molecule has 0 saturated carbocycles. The largest absolute Gasteiger partial charge is 0.507 e. The predicted octanol–water partition coefficient (Wildman–Crippen LogP) is 6.86. The van der Waals surface area contributed by atoms with E-state index in [2.05, 4.69) is 34.4 Å². The van der Waals surface area contributed by atoms with Gasteiger partial charge in [0, 0.05) is 107 Å². The van der Waals surface area contributed by atoms with Gasteiger partial charge in [-0.05, 0) is 45.2 Å². The number of aliphatic hydroxyl groups is 1. The lowest BCUT2D eigenvalue weighted by Gasteiger charge is -2.39. The molecule has 0 aliphatic carbocycles. The number of phenols is 2. The van der Waals surface area contributed by atoms with Gasteiger partial charge in [0.05, 0.1) is 41.7 Å². The summed E-state index contributed by atoms with van der Waals surface area (Å²) in [4.78, 5) is 106. The minimum atomic E-state index is -2.06. The van der Waals surface area contributed by atoms with Crippen LogP contribution in [0.15, 0.2) is 46.1 Å². The maximum atomic E-state index is 15.0. The van der Waals surface area contributed by atoms with Crippen molar-refractivity contribution in [3.63, 3.8) is 0 Å². The van der Waals surface area contributed by atoms with E-state index < -0.39 is 131 Å². The quantitative estimate of drug-likeness (QED) is 0.0201. The van der Waals surface area contributed by atoms with E-state index in [1.165, 1.54) is 53.2 Å². The number of rotatable bonds is 22. The number of aromatic hydroxyl groups is 2. The molecule has 5 aliphatic rings. The Morgan fingerprint density at radius 2 is 1.58 bits per heavy atom. The molecule has 1 saturated heterocycles. The molecule has 9 unspecified atom stereocenters. The lowest BCUT2D eigenvalue weighted by Crippen LogP contribution is -2.48. The number of nitrogens with one attached hydrogen (secondary N) is 2. The number of esters is 4. The highest BCUT2D eigenvalue weighted by Gasteiger charge is 2.51. The summed E-state index contributed by atoms with van der Waals surface area (Å²) in [5, 5.41) is 41.8. The van der Waals surface area contributed by atoms with Crippen LogP contribution in [-0.4, -0.2) is 174 Å². The molecule has 0 aromatic heterocycles. The maximum absolute atomic E-state index is 15.0. The van der Waals surface area contributed by atoms with Gasteiger partial charge in [-0.3, -0.25) is 47.8 Å². The van der Waals surface area contributed by atoms with Crippen molar-refractivity contribution in [1.82, 2.24) is 15.1 Å². The Bertz CT molecular complexity index is 3230. The number of benzene rings is 2. The van der Waals surface area contributed by atoms with Crippen molar-refractivity contribution >= 4 is 75.0 Å². The number of allylic oxidation sites excluding steroid dienone is 2. The summed E-state index contributed by atoms with van der Waals surface area (Å²) >= 11 is 0. The van der Waals surface area contributed by atoms with Crippen molar-refractivity contribution in [1.29, 1.82) is 0 Å². The number of alkyl carbamates (subject to hydrolysis) is 1. The molecule has 5 bridgehead atoms. The number of nitrogens with zero attached hydrogens (tertiary/aromatic N) is 4. The molecular weight excluding hydrogens is 1210 g/mol. The van der Waals surface area contributed by atoms with Crippen molar-refractivity contribution in [2.24, 2.45) is 39.6 Å². The lowest BCUT2D eigenvalue weighted by molar-refractivity contribution is -0.166. The summed E-state index contributed by atoms with van der Waals surface area (Å²) in [5.41, 5.74) is -0.519. The molecule has 9 atom stereocenters. The SMILES string of the molecule is CCC(=O)OCOC(=O)NCC(=O)OCCN(CCCCC(P=O)P=O)CC(=O)OC1C(C)C=C/C=C(/C)C(=O)N=c2c(O)c3c(O)c(C)c4c(c3c3c2=NC2(CCN(CC(C)C)CC2)N3)C(=O)C(C)(OC=CC(OC)C(C)C(OC(C)=O)C(C)C(O)C1C)O4. The fourth-order valence-electron chi connectivity index (χ4n) is 11.7. The van der Waals surface area contributed by atoms with Crippen molar-refractivity contribution in [2.45, 2.75) is 156 Å². The summed E-state index contributed by atoms with van der Waals surface area (Å²) in [6.07, 6.45) is 4.18. The average Bonchev–Trinajstić information content (AvgIpc) is 1.50. The molecule has 5 heterocycles. The van der Waals surface area contributed by atoms with Crippen LogP contribution in [0.4, 0.5) is 10.5 Å². The van der Waals surface area contributed by atoms with Gasteiger partial charge < -0.3 is 68.7 Å². The molecule has 2 amide bonds. The van der Waals surface area contributed by atoms with Gasteiger partial charge in [-0.25, -0.2) is 9.79 Å². The highest BCUT2D eigenvalue weighted by molar-refractivity contribution is 7.44. The van der Waals surface area contributed by atoms with Crippen LogP contribution in [0.1, 0.15) is 124 Å². The van der Waals surface area contributed by atoms with E-state index in [-0.39, 0.29) is 99.2 Å². The van der Waals surface area contributed by atoms with Gasteiger partial charge in [0.25, 0.3) is 11.7 Å². The zero-order valence-electron chi connectivity index (χ0n) is 53.2. The summed E-state index contributed by atoms with van der Waals surface area (Å²) < 4.78 is 68.5. The van der Waals surface area contributed by atoms with Crippen LogP contribution in [0, 0.1) is 36.5 Å². The number of piperidine rings is 1. The monoisotopic (exact) mass is 1300 g/mol. The lowest BCUT2D eigenvalue weighted by atomic mass is 9.78. The molecule has 90 heavy (non-hydrogen) atoms. The Hall–Kier alpha value is -6.95. The highest BCUT2D eigenvalue weighted by atomic mass is 31.1. The maximum Gasteiger partial charge on any atom is 0.410 e. The first-order valence-electron chi connectivity index (χ1n) is 30.3. The first-order chi connectivity index (χ1) is 42.6. The van der Waals surface area contributed by atoms with Gasteiger partial charge in [-0.1, -0.05) is 73.1 Å². The number of Topliss-reactive ketones (excluding diaryl/α,β-unsaturated/α-hetero) is 1. The second kappa shape index (κ2) is 32.4. The number of anilines is 1. The van der Waals surface area contributed by atoms with E-state index in [4.69, 9.17) is 42.9 Å². The number of carbonyl (C=O) groups excluding carboxylic acids is 7. The molecule has 0 radical (unpaired) electrons. The van der Waals surface area contributed by atoms with Crippen LogP contribution in [0.5, 0.6) is 17.2 Å². The normalized spacial score (nSPS) is 25.4. The predicted molar refractivity (Wildman–Crippen MR) is 328 cm³/mol. The molecule has 2 aromatic rings. The van der Waals surface area contributed by atoms with E-state index >= 15 is 4.79 Å². The molecule has 7 rings (SSSR count). The third-order valence-corrected chi connectivity index (χ3v) is 18.2. The molecule has 5 N–H and O–H groups in total. The number of aliphatic hydroxyl groups excluding tert-OH is 1. The van der Waals surface area contributed by atoms with Crippen LogP contribution in [0.3, 0.4) is 0 Å². The van der Waals surface area contributed by atoms with Gasteiger partial charge in [0.15, 0.2) is 22.7 Å². The third kappa shape index (κ3) is 17.8. The van der Waals surface area contributed by atoms with Crippen molar-refractivity contribution in [3.8, 4) is 17.2 Å². The minimum Gasteiger partial charge on any atom is -0.507 e. The van der Waals surface area contributed by atoms with Crippen molar-refractivity contribution in [3.05, 3.63) is 58.0 Å². The highest BCUT2D eigenvalue weighted by Crippen LogP contribution is 2.51. The van der Waals surface area contributed by atoms with Gasteiger partial charge in [-0.15, -0.1) is 0 Å². The zero-order chi connectivity index (χ0) is 66.4. The Balaban J connectivity index is 1.39. The fourth-order valence-corrected chi connectivity index (χ4v) is 12.4. The molecule has 2 aromatic carbocycles. The van der Waals surface area contributed by atoms with Gasteiger partial charge in [0.2, 0.25) is 6.79 Å². The number of fused-ring (bicyclic) bond motifs is 13. The number of unbranched alkanes of at least 4 members (excludes halogenated alkanes) is 1. The number of ether oxygens (including phenoxy) is 8. The van der Waals surface area contributed by atoms with E-state index in [1.807, 2.05) is 0 Å². The number of amides is 2. The zero-order valence-corrected chi connectivity index (χ0v) is 55.0. The molecule has 1 fully saturated rings. The summed E-state index contributed by atoms with van der Waals surface area (Å²) in [6, 6.07) is 0. The number of ketones is 1. The number of carbonyl (C=O) groups is 7. The Morgan fingerprint density at radius 1 is 0.889 bits per heavy atom. The smallest absolute Gasteiger partial charge is 0.410 e. The number of hydrogen-bond donors (Lipinski definition) is 5. The van der Waals surface area contributed by atoms with E-state index in [1.54, 1.807) is 51.7 Å². The summed E-state index contributed by atoms with van der Waals surface area (Å²) in [5.74, 6) is -10.3. The van der Waals surface area contributed by atoms with E-state index in [0.29, 0.717) is 51.1 Å². The Kier molecular flexibility index (Phi) is 25.9. The fraction of sp³-hybridized carbons (Fsp3) is 0.629. The third-order valence-electron chi connectivity index (χ3n) is 16.7. The van der Waals surface area contributed by atoms with Crippen molar-refractivity contribution < 1.29 is 95.9 Å². The van der Waals surface area contributed by atoms with Crippen molar-refractivity contribution in [2.75, 3.05) is 71.6 Å². The Morgan fingerprint density at radius 3 is 2.22 bits per heavy atom. The number of phenolic OH excluding ortho intramolecular Hbond substituents is 2. The molecular formula is C62H86N6O20P2. The number of methoxy groups -OCH3 is 1. The van der Waals surface area contributed by atoms with Crippen LogP contribution in [0.2, 0.25) is 0 Å². The second-order valence-electron chi connectivity index (χ2n) is 23.9. The topological polar surface area (TPSA) is 343 Å². The van der Waals surface area contributed by atoms with Gasteiger partial charge in [0.1, 0.15) is 58.6 Å². The van der Waals surface area contributed by atoms with E-state index in [0.717, 1.165) is 6.54 Å². The average molecular weight is 1300 g/mol. The molecule has 494 valence electrons. The second-order valence-corrected chi connectivity index (χ2v) is 26.0. The first kappa shape index (κ1) is 72.1. The van der Waals surface area contributed by atoms with Gasteiger partial charge in [-0.2, -0.15) is 0 Å². The van der Waals surface area contributed by atoms with Crippen LogP contribution < -0.4 is 26.1 Å². The molecule has 26 nitrogen and oxygen atoms in total. The first-order valence-corrected chi connectivity index (χ1v) is 32.1. The Labute approximate surface area is 526 Å². The van der Waals surface area contributed by atoms with Crippen LogP contribution in [0.25, 0.3) is 10.8 Å². The minimum absolute atomic E-state index is 0.00611. The van der Waals surface area contributed by atoms with Crippen LogP contribution in [-0.2, 0) is 66.3 Å². The molecule has 1 spiro atoms. The molecule has 5 aliphatic heterocycles. The summed E-state index contributed by atoms with van der Waals surface area (Å²) in [7, 11) is 0.828. The summed E-state index contributed by atoms with van der Waals surface area (Å²) in [6.45, 7) is 18.8. The van der Waals surface area contributed by atoms with Gasteiger partial charge >= 0.3 is 35.8 Å². The standard InChI is InChI=1S/C62H86N6O20P2/c1-13-42(70)83-32-84-60(78)63-29-43(71)82-28-26-67(23-15-14-19-45(89-79)90-80)31-44(72)87-55-34(4)17-16-18-35(5)59(77)64-51-50-49(65-62(66-50)21-24-68(25-22-62)30-33(2)3)46-47(54(51)75)53(74)39(9)57-48(46)58(76)61(11,88-57)85-27-20-41(81-12)36(6)56(86-40(10)69)38(8)52(73)37(55)7/h16-18,20,27,33-34,36-38,41,45,52,55-56,65,73-75H,13-15,19,21-26,28-32H2,1-12H3,(H,63,78)/b17-16?,27-20?,35-18-,64-51?. The van der Waals surface area contributed by atoms with Crippen LogP contribution >= 0.6 is 16.9 Å².